The van der Waals surface area contributed by atoms with Crippen molar-refractivity contribution in [3.05, 3.63) is 80.5 Å². The topological polar surface area (TPSA) is 69.0 Å². The SMILES string of the molecule is Cc1cc(F)cc(C)c1Oc1cn(CCCF)c(=O)cc1-c1cn(C)c(=O)c2[nH]ccc12. The largest absolute Gasteiger partial charge is 0.455 e. The highest BCUT2D eigenvalue weighted by atomic mass is 19.1. The molecule has 0 saturated carbocycles. The van der Waals surface area contributed by atoms with Crippen LogP contribution in [-0.2, 0) is 13.6 Å². The maximum atomic E-state index is 13.8. The molecule has 8 heteroatoms. The van der Waals surface area contributed by atoms with Crippen molar-refractivity contribution in [3.8, 4) is 22.6 Å². The predicted octanol–water partition coefficient (Wildman–Crippen LogP) is 4.60. The molecule has 0 amide bonds. The van der Waals surface area contributed by atoms with Crippen molar-refractivity contribution < 1.29 is 13.5 Å². The number of hydrogen-bond donors (Lipinski definition) is 1. The van der Waals surface area contributed by atoms with E-state index in [0.717, 1.165) is 0 Å². The molecule has 1 N–H and O–H groups in total. The number of ether oxygens (including phenoxy) is 1. The molecule has 4 aromatic rings. The molecule has 3 aromatic heterocycles. The molecule has 0 aliphatic heterocycles. The first kappa shape index (κ1) is 21.5. The number of alkyl halides is 1. The van der Waals surface area contributed by atoms with Gasteiger partial charge in [-0.05, 0) is 49.6 Å². The Kier molecular flexibility index (Phi) is 5.69. The predicted molar refractivity (Wildman–Crippen MR) is 120 cm³/mol. The van der Waals surface area contributed by atoms with Gasteiger partial charge < -0.3 is 18.9 Å². The number of pyridine rings is 2. The Morgan fingerprint density at radius 3 is 2.47 bits per heavy atom. The zero-order valence-corrected chi connectivity index (χ0v) is 18.0. The first-order chi connectivity index (χ1) is 15.3. The molecule has 0 radical (unpaired) electrons. The summed E-state index contributed by atoms with van der Waals surface area (Å²) in [6, 6.07) is 5.93. The van der Waals surface area contributed by atoms with Gasteiger partial charge in [-0.25, -0.2) is 4.39 Å². The number of fused-ring (bicyclic) bond motifs is 1. The van der Waals surface area contributed by atoms with E-state index in [-0.39, 0.29) is 29.9 Å². The van der Waals surface area contributed by atoms with Gasteiger partial charge in [-0.2, -0.15) is 0 Å². The fourth-order valence-electron chi connectivity index (χ4n) is 3.90. The highest BCUT2D eigenvalue weighted by molar-refractivity contribution is 5.95. The third kappa shape index (κ3) is 3.84. The van der Waals surface area contributed by atoms with E-state index < -0.39 is 6.67 Å². The smallest absolute Gasteiger partial charge is 0.274 e. The molecule has 0 bridgehead atoms. The van der Waals surface area contributed by atoms with Gasteiger partial charge in [0.15, 0.2) is 5.75 Å². The Bertz CT molecular complexity index is 1410. The first-order valence-electron chi connectivity index (χ1n) is 10.2. The fourth-order valence-corrected chi connectivity index (χ4v) is 3.90. The number of aromatic nitrogens is 3. The summed E-state index contributed by atoms with van der Waals surface area (Å²) in [6.07, 6.45) is 5.04. The van der Waals surface area contributed by atoms with E-state index in [4.69, 9.17) is 4.74 Å². The van der Waals surface area contributed by atoms with Gasteiger partial charge in [0.25, 0.3) is 11.1 Å². The van der Waals surface area contributed by atoms with Crippen LogP contribution in [0.4, 0.5) is 8.78 Å². The molecule has 0 fully saturated rings. The van der Waals surface area contributed by atoms with Crippen LogP contribution in [0.1, 0.15) is 17.5 Å². The van der Waals surface area contributed by atoms with Crippen molar-refractivity contribution in [1.82, 2.24) is 14.1 Å². The van der Waals surface area contributed by atoms with E-state index in [2.05, 4.69) is 4.98 Å². The minimum atomic E-state index is -0.550. The van der Waals surface area contributed by atoms with Crippen molar-refractivity contribution in [1.29, 1.82) is 0 Å². The lowest BCUT2D eigenvalue weighted by Crippen LogP contribution is -2.20. The number of hydrogen-bond acceptors (Lipinski definition) is 3. The fraction of sp³-hybridized carbons (Fsp3) is 0.250. The molecule has 0 unspecified atom stereocenters. The van der Waals surface area contributed by atoms with Gasteiger partial charge in [0.2, 0.25) is 0 Å². The molecule has 1 aromatic carbocycles. The van der Waals surface area contributed by atoms with Crippen LogP contribution in [0.5, 0.6) is 11.5 Å². The summed E-state index contributed by atoms with van der Waals surface area (Å²) in [5.41, 5.74) is 2.21. The third-order valence-corrected chi connectivity index (χ3v) is 5.44. The normalized spacial score (nSPS) is 11.3. The second-order valence-corrected chi connectivity index (χ2v) is 7.82. The molecule has 6 nitrogen and oxygen atoms in total. The van der Waals surface area contributed by atoms with Crippen molar-refractivity contribution in [2.45, 2.75) is 26.8 Å². The first-order valence-corrected chi connectivity index (χ1v) is 10.2. The maximum Gasteiger partial charge on any atom is 0.274 e. The van der Waals surface area contributed by atoms with Crippen molar-refractivity contribution in [3.63, 3.8) is 0 Å². The van der Waals surface area contributed by atoms with Crippen molar-refractivity contribution >= 4 is 10.9 Å². The van der Waals surface area contributed by atoms with E-state index in [1.165, 1.54) is 27.3 Å². The maximum absolute atomic E-state index is 13.8. The zero-order chi connectivity index (χ0) is 23.0. The van der Waals surface area contributed by atoms with Crippen molar-refractivity contribution in [2.75, 3.05) is 6.67 Å². The standard InChI is InChI=1S/C24H23F2N3O3/c1-14-9-16(26)10-15(2)23(14)32-20-13-29(8-4-6-25)21(30)11-18(20)19-12-28(3)24(31)22-17(19)5-7-27-22/h5,7,9-13,27H,4,6,8H2,1-3H3. The molecule has 0 aliphatic rings. The van der Waals surface area contributed by atoms with Gasteiger partial charge in [0, 0.05) is 48.6 Å². The summed E-state index contributed by atoms with van der Waals surface area (Å²) in [7, 11) is 1.63. The number of rotatable bonds is 6. The second-order valence-electron chi connectivity index (χ2n) is 7.82. The Morgan fingerprint density at radius 1 is 1.06 bits per heavy atom. The second kappa shape index (κ2) is 8.45. The van der Waals surface area contributed by atoms with Crippen LogP contribution >= 0.6 is 0 Å². The van der Waals surface area contributed by atoms with Crippen LogP contribution < -0.4 is 15.9 Å². The van der Waals surface area contributed by atoms with Gasteiger partial charge in [-0.3, -0.25) is 14.0 Å². The lowest BCUT2D eigenvalue weighted by molar-refractivity contribution is 0.434. The number of aryl methyl sites for hydroxylation is 4. The van der Waals surface area contributed by atoms with Gasteiger partial charge in [-0.15, -0.1) is 0 Å². The van der Waals surface area contributed by atoms with Gasteiger partial charge in [0.05, 0.1) is 12.9 Å². The Morgan fingerprint density at radius 2 is 1.78 bits per heavy atom. The molecule has 0 spiro atoms. The van der Waals surface area contributed by atoms with E-state index in [1.54, 1.807) is 45.6 Å². The Labute approximate surface area is 182 Å². The summed E-state index contributed by atoms with van der Waals surface area (Å²) in [4.78, 5) is 28.2. The summed E-state index contributed by atoms with van der Waals surface area (Å²) >= 11 is 0. The molecular weight excluding hydrogens is 416 g/mol. The molecule has 166 valence electrons. The average molecular weight is 439 g/mol. The summed E-state index contributed by atoms with van der Waals surface area (Å²) < 4.78 is 35.6. The Hall–Kier alpha value is -3.68. The quantitative estimate of drug-likeness (QED) is 0.477. The van der Waals surface area contributed by atoms with Crippen molar-refractivity contribution in [2.24, 2.45) is 7.05 Å². The van der Waals surface area contributed by atoms with Crippen LogP contribution in [0.25, 0.3) is 22.0 Å². The zero-order valence-electron chi connectivity index (χ0n) is 18.0. The van der Waals surface area contributed by atoms with Crippen LogP contribution in [0, 0.1) is 19.7 Å². The molecule has 0 saturated heterocycles. The summed E-state index contributed by atoms with van der Waals surface area (Å²) in [5.74, 6) is 0.452. The number of nitrogens with one attached hydrogen (secondary N) is 1. The van der Waals surface area contributed by atoms with Crippen LogP contribution in [0.3, 0.4) is 0 Å². The lowest BCUT2D eigenvalue weighted by Gasteiger charge is -2.18. The number of H-pyrrole nitrogens is 1. The average Bonchev–Trinajstić information content (AvgIpc) is 3.23. The number of nitrogens with zero attached hydrogens (tertiary/aromatic N) is 2. The van der Waals surface area contributed by atoms with Gasteiger partial charge >= 0.3 is 0 Å². The lowest BCUT2D eigenvalue weighted by atomic mass is 10.0. The number of aromatic amines is 1. The molecule has 4 rings (SSSR count). The van der Waals surface area contributed by atoms with Crippen LogP contribution in [0.15, 0.2) is 52.4 Å². The molecule has 3 heterocycles. The highest BCUT2D eigenvalue weighted by Gasteiger charge is 2.18. The molecule has 0 aliphatic carbocycles. The van der Waals surface area contributed by atoms with Gasteiger partial charge in [-0.1, -0.05) is 0 Å². The minimum absolute atomic E-state index is 0.190. The van der Waals surface area contributed by atoms with Crippen LogP contribution in [-0.4, -0.2) is 20.8 Å². The van der Waals surface area contributed by atoms with Gasteiger partial charge in [0.1, 0.15) is 17.1 Å². The van der Waals surface area contributed by atoms with E-state index in [0.29, 0.717) is 44.7 Å². The highest BCUT2D eigenvalue weighted by Crippen LogP contribution is 2.37. The minimum Gasteiger partial charge on any atom is -0.455 e. The Balaban J connectivity index is 1.97. The third-order valence-electron chi connectivity index (χ3n) is 5.44. The summed E-state index contributed by atoms with van der Waals surface area (Å²) in [5, 5.41) is 0.645. The number of halogens is 2. The monoisotopic (exact) mass is 439 g/mol. The van der Waals surface area contributed by atoms with Crippen LogP contribution in [0.2, 0.25) is 0 Å². The van der Waals surface area contributed by atoms with E-state index in [9.17, 15) is 18.4 Å². The molecule has 0 atom stereocenters. The molecular formula is C24H23F2N3O3. The number of benzene rings is 1. The molecule has 32 heavy (non-hydrogen) atoms. The van der Waals surface area contributed by atoms with E-state index in [1.807, 2.05) is 0 Å². The summed E-state index contributed by atoms with van der Waals surface area (Å²) in [6.45, 7) is 3.12. The van der Waals surface area contributed by atoms with E-state index >= 15 is 0 Å².